The monoisotopic (exact) mass is 562 g/mol. The molecule has 3 aromatic carbocycles. The van der Waals surface area contributed by atoms with Gasteiger partial charge in [0.05, 0.1) is 17.6 Å². The molecule has 0 saturated heterocycles. The lowest BCUT2D eigenvalue weighted by molar-refractivity contribution is -0.120. The van der Waals surface area contributed by atoms with Crippen LogP contribution in [0.5, 0.6) is 11.5 Å². The number of sulfonamides is 1. The van der Waals surface area contributed by atoms with Crippen LogP contribution in [0.1, 0.15) is 42.7 Å². The Bertz CT molecular complexity index is 1660. The molecule has 11 heteroatoms. The number of pyridine rings is 1. The van der Waals surface area contributed by atoms with Crippen LogP contribution in [-0.4, -0.2) is 37.9 Å². The van der Waals surface area contributed by atoms with Crippen molar-refractivity contribution in [1.82, 2.24) is 9.71 Å². The summed E-state index contributed by atoms with van der Waals surface area (Å²) in [5.74, 6) is -0.732. The average molecular weight is 563 g/mol. The molecule has 1 heterocycles. The van der Waals surface area contributed by atoms with Crippen molar-refractivity contribution in [2.75, 3.05) is 11.9 Å². The molecule has 4 N–H and O–H groups in total. The van der Waals surface area contributed by atoms with Crippen LogP contribution in [0.15, 0.2) is 84.0 Å². The van der Waals surface area contributed by atoms with Gasteiger partial charge in [0.25, 0.3) is 15.9 Å². The fourth-order valence-corrected chi connectivity index (χ4v) is 5.07. The Labute approximate surface area is 232 Å². The summed E-state index contributed by atoms with van der Waals surface area (Å²) < 4.78 is 40.1. The number of benzene rings is 3. The van der Waals surface area contributed by atoms with Crippen molar-refractivity contribution < 1.29 is 27.5 Å². The molecule has 1 atom stereocenters. The van der Waals surface area contributed by atoms with E-state index >= 15 is 0 Å². The number of nitrogens with two attached hydrogens (primary N) is 1. The van der Waals surface area contributed by atoms with Gasteiger partial charge in [0.1, 0.15) is 6.04 Å². The lowest BCUT2D eigenvalue weighted by atomic mass is 10.0. The molecule has 0 aliphatic rings. The lowest BCUT2D eigenvalue weighted by Crippen LogP contribution is -2.37. The summed E-state index contributed by atoms with van der Waals surface area (Å²) in [6.45, 7) is 5.94. The van der Waals surface area contributed by atoms with Crippen LogP contribution in [-0.2, 0) is 14.8 Å². The van der Waals surface area contributed by atoms with Crippen LogP contribution in [0.3, 0.4) is 0 Å². The number of nitrogens with one attached hydrogen (secondary N) is 2. The van der Waals surface area contributed by atoms with E-state index < -0.39 is 27.9 Å². The summed E-state index contributed by atoms with van der Waals surface area (Å²) in [5, 5.41) is 4.94. The van der Waals surface area contributed by atoms with E-state index in [4.69, 9.17) is 15.2 Å². The zero-order valence-electron chi connectivity index (χ0n) is 22.2. The van der Waals surface area contributed by atoms with E-state index in [1.165, 1.54) is 18.2 Å². The van der Waals surface area contributed by atoms with E-state index in [1.807, 2.05) is 39.0 Å². The Hall–Kier alpha value is -4.64. The Balaban J connectivity index is 1.73. The summed E-state index contributed by atoms with van der Waals surface area (Å²) in [6, 6.07) is 16.3. The van der Waals surface area contributed by atoms with Crippen molar-refractivity contribution in [2.24, 2.45) is 5.73 Å². The molecule has 0 spiro atoms. The Morgan fingerprint density at radius 3 is 2.50 bits per heavy atom. The van der Waals surface area contributed by atoms with Gasteiger partial charge in [0.2, 0.25) is 5.91 Å². The van der Waals surface area contributed by atoms with Crippen LogP contribution in [0, 0.1) is 0 Å². The summed E-state index contributed by atoms with van der Waals surface area (Å²) in [6.07, 6.45) is 3.26. The predicted octanol–water partition coefficient (Wildman–Crippen LogP) is 4.18. The molecule has 0 saturated carbocycles. The fraction of sp³-hybridized carbons (Fsp3) is 0.207. The van der Waals surface area contributed by atoms with Gasteiger partial charge in [-0.2, -0.15) is 0 Å². The number of ether oxygens (including phenoxy) is 2. The normalized spacial score (nSPS) is 12.1. The zero-order valence-corrected chi connectivity index (χ0v) is 23.1. The van der Waals surface area contributed by atoms with E-state index in [0.29, 0.717) is 29.4 Å². The van der Waals surface area contributed by atoms with Gasteiger partial charge in [0, 0.05) is 29.0 Å². The molecule has 208 valence electrons. The maximum absolute atomic E-state index is 13.6. The number of hydrogen-bond acceptors (Lipinski definition) is 8. The van der Waals surface area contributed by atoms with E-state index in [9.17, 15) is 18.0 Å². The largest absolute Gasteiger partial charge is 0.490 e. The van der Waals surface area contributed by atoms with Crippen molar-refractivity contribution in [3.63, 3.8) is 0 Å². The molecule has 4 rings (SSSR count). The van der Waals surface area contributed by atoms with E-state index in [1.54, 1.807) is 36.7 Å². The standard InChI is InChI=1S/C29H30N4O6S/c1-4-38-26-16-20(9-11-25(26)39-18(2)3)27(32-23-10-8-22-17-31-13-12-19(22)14-23)29(35)33-40(36,37)24-7-5-6-21(15-24)28(30)34/h5-18,27,32H,4H2,1-3H3,(H2,30,34)(H,33,35). The summed E-state index contributed by atoms with van der Waals surface area (Å²) in [5.41, 5.74) is 6.31. The van der Waals surface area contributed by atoms with Gasteiger partial charge in [-0.1, -0.05) is 18.2 Å². The molecule has 0 aliphatic heterocycles. The fourth-order valence-electron chi connectivity index (χ4n) is 4.03. The van der Waals surface area contributed by atoms with Crippen molar-refractivity contribution in [3.05, 3.63) is 90.3 Å². The highest BCUT2D eigenvalue weighted by Gasteiger charge is 2.28. The molecule has 10 nitrogen and oxygen atoms in total. The third-order valence-electron chi connectivity index (χ3n) is 5.84. The van der Waals surface area contributed by atoms with Gasteiger partial charge < -0.3 is 20.5 Å². The molecule has 1 aromatic heterocycles. The number of hydrogen-bond donors (Lipinski definition) is 3. The van der Waals surface area contributed by atoms with Crippen molar-refractivity contribution >= 4 is 38.3 Å². The highest BCUT2D eigenvalue weighted by molar-refractivity contribution is 7.90. The minimum Gasteiger partial charge on any atom is -0.490 e. The van der Waals surface area contributed by atoms with Crippen molar-refractivity contribution in [1.29, 1.82) is 0 Å². The molecule has 0 radical (unpaired) electrons. The molecule has 0 bridgehead atoms. The van der Waals surface area contributed by atoms with Gasteiger partial charge in [-0.05, 0) is 80.3 Å². The molecule has 2 amide bonds. The van der Waals surface area contributed by atoms with E-state index in [-0.39, 0.29) is 16.6 Å². The number of fused-ring (bicyclic) bond motifs is 1. The van der Waals surface area contributed by atoms with Crippen LogP contribution < -0.4 is 25.2 Å². The number of primary amides is 1. The molecule has 0 fully saturated rings. The maximum atomic E-state index is 13.6. The number of anilines is 1. The van der Waals surface area contributed by atoms with E-state index in [0.717, 1.165) is 16.8 Å². The van der Waals surface area contributed by atoms with Gasteiger partial charge in [0.15, 0.2) is 11.5 Å². The second kappa shape index (κ2) is 12.0. The van der Waals surface area contributed by atoms with E-state index in [2.05, 4.69) is 15.0 Å². The highest BCUT2D eigenvalue weighted by Crippen LogP contribution is 2.33. The predicted molar refractivity (Wildman–Crippen MR) is 152 cm³/mol. The van der Waals surface area contributed by atoms with Crippen LogP contribution in [0.25, 0.3) is 10.8 Å². The first kappa shape index (κ1) is 28.4. The molecular formula is C29H30N4O6S. The van der Waals surface area contributed by atoms with Crippen LogP contribution in [0.2, 0.25) is 0 Å². The lowest BCUT2D eigenvalue weighted by Gasteiger charge is -2.22. The second-order valence-electron chi connectivity index (χ2n) is 9.18. The first-order valence-electron chi connectivity index (χ1n) is 12.6. The van der Waals surface area contributed by atoms with Gasteiger partial charge in [-0.25, -0.2) is 13.1 Å². The molecular weight excluding hydrogens is 532 g/mol. The molecule has 40 heavy (non-hydrogen) atoms. The second-order valence-corrected chi connectivity index (χ2v) is 10.9. The number of carbonyl (C=O) groups is 2. The first-order chi connectivity index (χ1) is 19.1. The average Bonchev–Trinajstić information content (AvgIpc) is 2.92. The third kappa shape index (κ3) is 6.67. The SMILES string of the molecule is CCOc1cc(C(Nc2ccc3cnccc3c2)C(=O)NS(=O)(=O)c2cccc(C(N)=O)c2)ccc1OC(C)C. The Morgan fingerprint density at radius 2 is 1.77 bits per heavy atom. The number of rotatable bonds is 11. The zero-order chi connectivity index (χ0) is 28.9. The van der Waals surface area contributed by atoms with Crippen molar-refractivity contribution in [2.45, 2.75) is 37.8 Å². The summed E-state index contributed by atoms with van der Waals surface area (Å²) in [4.78, 5) is 29.0. The number of aromatic nitrogens is 1. The summed E-state index contributed by atoms with van der Waals surface area (Å²) in [7, 11) is -4.35. The topological polar surface area (TPSA) is 150 Å². The molecule has 4 aromatic rings. The Morgan fingerprint density at radius 1 is 0.975 bits per heavy atom. The number of carbonyl (C=O) groups excluding carboxylic acids is 2. The number of nitrogens with zero attached hydrogens (tertiary/aromatic N) is 1. The molecule has 1 unspecified atom stereocenters. The maximum Gasteiger partial charge on any atom is 0.264 e. The quantitative estimate of drug-likeness (QED) is 0.246. The van der Waals surface area contributed by atoms with Gasteiger partial charge in [-0.15, -0.1) is 0 Å². The van der Waals surface area contributed by atoms with Crippen molar-refractivity contribution in [3.8, 4) is 11.5 Å². The highest BCUT2D eigenvalue weighted by atomic mass is 32.2. The first-order valence-corrected chi connectivity index (χ1v) is 14.1. The minimum absolute atomic E-state index is 0.00208. The van der Waals surface area contributed by atoms with Crippen LogP contribution in [0.4, 0.5) is 5.69 Å². The minimum atomic E-state index is -4.35. The van der Waals surface area contributed by atoms with Gasteiger partial charge in [-0.3, -0.25) is 14.6 Å². The third-order valence-corrected chi connectivity index (χ3v) is 7.19. The smallest absolute Gasteiger partial charge is 0.264 e. The van der Waals surface area contributed by atoms with Crippen LogP contribution >= 0.6 is 0 Å². The summed E-state index contributed by atoms with van der Waals surface area (Å²) >= 11 is 0. The molecule has 0 aliphatic carbocycles. The van der Waals surface area contributed by atoms with Gasteiger partial charge >= 0.3 is 0 Å². The number of amides is 2. The Kier molecular flexibility index (Phi) is 8.54.